The summed E-state index contributed by atoms with van der Waals surface area (Å²) in [6.45, 7) is 11.3. The van der Waals surface area contributed by atoms with Gasteiger partial charge in [-0.15, -0.1) is 0 Å². The van der Waals surface area contributed by atoms with Crippen LogP contribution >= 0.6 is 0 Å². The summed E-state index contributed by atoms with van der Waals surface area (Å²) in [5.41, 5.74) is 7.50. The average molecular weight is 551 g/mol. The fraction of sp³-hybridized carbons (Fsp3) is 0.324. The van der Waals surface area contributed by atoms with Crippen LogP contribution in [0.4, 0.5) is 5.69 Å². The number of allylic oxidation sites excluding steroid dienone is 1. The number of H-pyrrole nitrogens is 1. The fourth-order valence-corrected chi connectivity index (χ4v) is 5.13. The van der Waals surface area contributed by atoms with Crippen molar-refractivity contribution in [2.45, 2.75) is 65.9 Å². The van der Waals surface area contributed by atoms with Crippen LogP contribution in [0.1, 0.15) is 59.4 Å². The Bertz CT molecular complexity index is 1600. The molecule has 7 heteroatoms. The lowest BCUT2D eigenvalue weighted by molar-refractivity contribution is 0.131. The summed E-state index contributed by atoms with van der Waals surface area (Å²) in [7, 11) is 0. The van der Waals surface area contributed by atoms with Crippen molar-refractivity contribution in [1.29, 1.82) is 0 Å². The largest absolute Gasteiger partial charge is 0.488 e. The lowest BCUT2D eigenvalue weighted by Crippen LogP contribution is -2.34. The van der Waals surface area contributed by atoms with E-state index in [1.54, 1.807) is 0 Å². The summed E-state index contributed by atoms with van der Waals surface area (Å²) >= 11 is 0. The van der Waals surface area contributed by atoms with Crippen LogP contribution in [0.15, 0.2) is 98.4 Å². The lowest BCUT2D eigenvalue weighted by atomic mass is 9.95. The molecule has 41 heavy (non-hydrogen) atoms. The first kappa shape index (κ1) is 28.1. The number of anilines is 1. The number of aromatic amines is 1. The Balaban J connectivity index is 1.38. The molecule has 212 valence electrons. The van der Waals surface area contributed by atoms with Crippen molar-refractivity contribution >= 4 is 11.5 Å². The predicted molar refractivity (Wildman–Crippen MR) is 166 cm³/mol. The van der Waals surface area contributed by atoms with E-state index in [0.717, 1.165) is 66.2 Å². The van der Waals surface area contributed by atoms with E-state index in [1.807, 2.05) is 36.4 Å². The first-order valence-electron chi connectivity index (χ1n) is 14.3. The van der Waals surface area contributed by atoms with Gasteiger partial charge in [0.1, 0.15) is 17.2 Å². The van der Waals surface area contributed by atoms with E-state index in [0.29, 0.717) is 5.82 Å². The highest BCUT2D eigenvalue weighted by molar-refractivity contribution is 5.98. The molecular formula is C34H38N4O3. The Morgan fingerprint density at radius 3 is 2.32 bits per heavy atom. The number of hydrogen-bond donors (Lipinski definition) is 1. The second-order valence-electron chi connectivity index (χ2n) is 11.5. The number of hydrogen-bond acceptors (Lipinski definition) is 6. The van der Waals surface area contributed by atoms with Crippen molar-refractivity contribution in [3.05, 3.63) is 100 Å². The Morgan fingerprint density at radius 2 is 1.68 bits per heavy atom. The van der Waals surface area contributed by atoms with Gasteiger partial charge in [-0.1, -0.05) is 67.0 Å². The van der Waals surface area contributed by atoms with Gasteiger partial charge in [-0.2, -0.15) is 0 Å². The minimum atomic E-state index is -0.564. The molecule has 1 aliphatic heterocycles. The van der Waals surface area contributed by atoms with Gasteiger partial charge in [0.15, 0.2) is 5.82 Å². The lowest BCUT2D eigenvalue weighted by Gasteiger charge is -2.31. The van der Waals surface area contributed by atoms with Crippen molar-refractivity contribution < 1.29 is 9.26 Å². The van der Waals surface area contributed by atoms with Gasteiger partial charge >= 0.3 is 5.76 Å². The Hall–Kier alpha value is -4.39. The van der Waals surface area contributed by atoms with E-state index in [2.05, 4.69) is 86.1 Å². The summed E-state index contributed by atoms with van der Waals surface area (Å²) in [4.78, 5) is 21.6. The molecule has 0 unspecified atom stereocenters. The summed E-state index contributed by atoms with van der Waals surface area (Å²) in [6.07, 6.45) is 4.07. The third-order valence-electron chi connectivity index (χ3n) is 7.09. The molecule has 1 N–H and O–H groups in total. The number of aliphatic imine (C=N–C) groups is 1. The average Bonchev–Trinajstić information content (AvgIpc) is 3.39. The summed E-state index contributed by atoms with van der Waals surface area (Å²) in [6, 6.07) is 24.8. The molecule has 5 rings (SSSR count). The van der Waals surface area contributed by atoms with E-state index in [9.17, 15) is 4.79 Å². The number of amidine groups is 1. The Kier molecular flexibility index (Phi) is 8.24. The molecule has 2 heterocycles. The molecule has 0 radical (unpaired) electrons. The van der Waals surface area contributed by atoms with E-state index in [-0.39, 0.29) is 5.60 Å². The molecule has 4 aromatic rings. The molecule has 0 atom stereocenters. The Labute approximate surface area is 241 Å². The number of nitrogens with one attached hydrogen (secondary N) is 1. The second-order valence-corrected chi connectivity index (χ2v) is 11.5. The van der Waals surface area contributed by atoms with Gasteiger partial charge in [0.25, 0.3) is 0 Å². The van der Waals surface area contributed by atoms with Crippen molar-refractivity contribution in [1.82, 2.24) is 10.1 Å². The number of aromatic nitrogens is 2. The third-order valence-corrected chi connectivity index (χ3v) is 7.09. The second kappa shape index (κ2) is 12.0. The van der Waals surface area contributed by atoms with Gasteiger partial charge in [0, 0.05) is 23.5 Å². The zero-order valence-electron chi connectivity index (χ0n) is 24.5. The van der Waals surface area contributed by atoms with Crippen LogP contribution in [-0.2, 0) is 6.42 Å². The fourth-order valence-electron chi connectivity index (χ4n) is 5.13. The first-order chi connectivity index (χ1) is 19.7. The third kappa shape index (κ3) is 6.85. The van der Waals surface area contributed by atoms with Gasteiger partial charge in [-0.3, -0.25) is 9.51 Å². The molecule has 0 saturated heterocycles. The van der Waals surface area contributed by atoms with Gasteiger partial charge in [-0.05, 0) is 93.5 Å². The van der Waals surface area contributed by atoms with Gasteiger partial charge in [-0.25, -0.2) is 9.79 Å². The van der Waals surface area contributed by atoms with Crippen molar-refractivity contribution in [2.24, 2.45) is 4.99 Å². The summed E-state index contributed by atoms with van der Waals surface area (Å²) < 4.78 is 10.8. The number of benzene rings is 3. The van der Waals surface area contributed by atoms with Crippen LogP contribution < -0.4 is 15.4 Å². The SMILES string of the molecule is CCCCC1=C(Cc2ccc(-c3ccccc3-c3noc(=O)[nH]3)cc2)CN(c2ccc(OC(C)(C)C)cc2)C(C)=N1. The van der Waals surface area contributed by atoms with Crippen LogP contribution in [-0.4, -0.2) is 28.1 Å². The number of rotatable bonds is 9. The molecule has 0 saturated carbocycles. The normalized spacial score (nSPS) is 13.9. The zero-order chi connectivity index (χ0) is 29.0. The minimum Gasteiger partial charge on any atom is -0.488 e. The highest BCUT2D eigenvalue weighted by atomic mass is 16.5. The highest BCUT2D eigenvalue weighted by Crippen LogP contribution is 2.32. The molecule has 0 spiro atoms. The number of ether oxygens (including phenoxy) is 1. The topological polar surface area (TPSA) is 83.7 Å². The van der Waals surface area contributed by atoms with Crippen LogP contribution in [0.2, 0.25) is 0 Å². The van der Waals surface area contributed by atoms with E-state index < -0.39 is 5.76 Å². The minimum absolute atomic E-state index is 0.235. The van der Waals surface area contributed by atoms with Crippen molar-refractivity contribution in [3.8, 4) is 28.3 Å². The molecule has 0 aliphatic carbocycles. The van der Waals surface area contributed by atoms with Crippen LogP contribution in [0.25, 0.3) is 22.5 Å². The van der Waals surface area contributed by atoms with E-state index in [1.165, 1.54) is 16.8 Å². The number of nitrogens with zero attached hydrogens (tertiary/aromatic N) is 3. The quantitative estimate of drug-likeness (QED) is 0.230. The molecule has 1 aromatic heterocycles. The van der Waals surface area contributed by atoms with Crippen LogP contribution in [0, 0.1) is 0 Å². The highest BCUT2D eigenvalue weighted by Gasteiger charge is 2.22. The maximum Gasteiger partial charge on any atom is 0.439 e. The van der Waals surface area contributed by atoms with Gasteiger partial charge < -0.3 is 9.64 Å². The maximum absolute atomic E-state index is 11.5. The molecule has 7 nitrogen and oxygen atoms in total. The maximum atomic E-state index is 11.5. The van der Waals surface area contributed by atoms with Crippen LogP contribution in [0.3, 0.4) is 0 Å². The van der Waals surface area contributed by atoms with E-state index in [4.69, 9.17) is 14.3 Å². The molecular weight excluding hydrogens is 512 g/mol. The predicted octanol–water partition coefficient (Wildman–Crippen LogP) is 7.80. The molecule has 0 amide bonds. The summed E-state index contributed by atoms with van der Waals surface area (Å²) in [5, 5.41) is 3.89. The molecule has 3 aromatic carbocycles. The zero-order valence-corrected chi connectivity index (χ0v) is 24.5. The van der Waals surface area contributed by atoms with Crippen molar-refractivity contribution in [3.63, 3.8) is 0 Å². The molecule has 0 bridgehead atoms. The smallest absolute Gasteiger partial charge is 0.439 e. The molecule has 0 fully saturated rings. The summed E-state index contributed by atoms with van der Waals surface area (Å²) in [5.74, 6) is 1.74. The first-order valence-corrected chi connectivity index (χ1v) is 14.3. The van der Waals surface area contributed by atoms with E-state index >= 15 is 0 Å². The molecule has 1 aliphatic rings. The number of unbranched alkanes of at least 4 members (excludes halogenated alkanes) is 1. The van der Waals surface area contributed by atoms with Crippen molar-refractivity contribution in [2.75, 3.05) is 11.4 Å². The standard InChI is InChI=1S/C34H38N4O3/c1-6-7-12-31-26(22-38(23(2)35-31)27-17-19-28(20-18-27)40-34(3,4)5)21-24-13-15-25(16-14-24)29-10-8-9-11-30(29)32-36-33(39)41-37-32/h8-11,13-20H,6-7,12,21-22H2,1-5H3,(H,36,37,39). The monoisotopic (exact) mass is 550 g/mol. The van der Waals surface area contributed by atoms with Crippen LogP contribution in [0.5, 0.6) is 5.75 Å². The van der Waals surface area contributed by atoms with Gasteiger partial charge in [0.2, 0.25) is 0 Å². The van der Waals surface area contributed by atoms with Gasteiger partial charge in [0.05, 0.1) is 0 Å². The Morgan fingerprint density at radius 1 is 0.976 bits per heavy atom.